The molecule has 1 aliphatic heterocycles. The molecular formula is C19H20BrNO5S. The third-order valence-corrected chi connectivity index (χ3v) is 5.08. The lowest BCUT2D eigenvalue weighted by atomic mass is 10.2. The number of halogens is 1. The van der Waals surface area contributed by atoms with Crippen LogP contribution in [0.1, 0.15) is 25.8 Å². The minimum absolute atomic E-state index is 0.220. The number of rotatable bonds is 8. The number of imide groups is 1. The summed E-state index contributed by atoms with van der Waals surface area (Å²) in [7, 11) is 0. The zero-order valence-electron chi connectivity index (χ0n) is 15.1. The second-order valence-corrected chi connectivity index (χ2v) is 7.67. The molecule has 1 atom stereocenters. The minimum Gasteiger partial charge on any atom is -0.489 e. The maximum absolute atomic E-state index is 12.6. The van der Waals surface area contributed by atoms with Crippen molar-refractivity contribution in [2.24, 2.45) is 0 Å². The number of ether oxygens (including phenoxy) is 2. The van der Waals surface area contributed by atoms with Gasteiger partial charge < -0.3 is 9.47 Å². The molecule has 1 aromatic carbocycles. The number of amides is 2. The van der Waals surface area contributed by atoms with Gasteiger partial charge in [-0.25, -0.2) is 0 Å². The van der Waals surface area contributed by atoms with Gasteiger partial charge in [0.15, 0.2) is 0 Å². The average molecular weight is 454 g/mol. The number of hydrogen-bond donors (Lipinski definition) is 0. The summed E-state index contributed by atoms with van der Waals surface area (Å²) < 4.78 is 11.5. The fourth-order valence-electron chi connectivity index (χ4n) is 2.16. The van der Waals surface area contributed by atoms with Gasteiger partial charge in [-0.3, -0.25) is 19.3 Å². The summed E-state index contributed by atoms with van der Waals surface area (Å²) >= 11 is 4.16. The van der Waals surface area contributed by atoms with Gasteiger partial charge in [-0.15, -0.1) is 0 Å². The highest BCUT2D eigenvalue weighted by Gasteiger charge is 2.37. The lowest BCUT2D eigenvalue weighted by molar-refractivity contribution is -0.150. The highest BCUT2D eigenvalue weighted by atomic mass is 79.9. The molecular weight excluding hydrogens is 434 g/mol. The van der Waals surface area contributed by atoms with Crippen molar-refractivity contribution in [3.8, 4) is 5.75 Å². The Labute approximate surface area is 170 Å². The van der Waals surface area contributed by atoms with Crippen LogP contribution in [-0.2, 0) is 14.3 Å². The number of hydrogen-bond acceptors (Lipinski definition) is 6. The molecule has 1 saturated heterocycles. The van der Waals surface area contributed by atoms with E-state index in [1.807, 2.05) is 13.0 Å². The summed E-state index contributed by atoms with van der Waals surface area (Å²) in [5.41, 5.74) is 0.638. The predicted octanol–water partition coefficient (Wildman–Crippen LogP) is 4.39. The molecule has 0 unspecified atom stereocenters. The van der Waals surface area contributed by atoms with Crippen LogP contribution in [0.3, 0.4) is 0 Å². The van der Waals surface area contributed by atoms with Crippen LogP contribution in [0.25, 0.3) is 6.08 Å². The van der Waals surface area contributed by atoms with Crippen molar-refractivity contribution in [3.63, 3.8) is 0 Å². The fourth-order valence-corrected chi connectivity index (χ4v) is 3.37. The SMILES string of the molecule is C=CCOc1ccc(Br)cc1/C=C1/SC(=O)N(CC(=O)O[C@H](C)CC)C1=O. The number of carbonyl (C=O) groups is 3. The fraction of sp³-hybridized carbons (Fsp3) is 0.316. The molecule has 2 rings (SSSR count). The Morgan fingerprint density at radius 3 is 2.81 bits per heavy atom. The van der Waals surface area contributed by atoms with E-state index in [2.05, 4.69) is 22.5 Å². The van der Waals surface area contributed by atoms with E-state index in [-0.39, 0.29) is 11.0 Å². The first-order valence-corrected chi connectivity index (χ1v) is 9.94. The quantitative estimate of drug-likeness (QED) is 0.330. The molecule has 0 radical (unpaired) electrons. The van der Waals surface area contributed by atoms with Gasteiger partial charge in [-0.2, -0.15) is 0 Å². The Morgan fingerprint density at radius 2 is 2.15 bits per heavy atom. The summed E-state index contributed by atoms with van der Waals surface area (Å²) in [5.74, 6) is -0.577. The van der Waals surface area contributed by atoms with E-state index < -0.39 is 23.7 Å². The van der Waals surface area contributed by atoms with Crippen LogP contribution in [0, 0.1) is 0 Å². The van der Waals surface area contributed by atoms with Crippen molar-refractivity contribution >= 4 is 50.9 Å². The van der Waals surface area contributed by atoms with Gasteiger partial charge in [-0.1, -0.05) is 35.5 Å². The van der Waals surface area contributed by atoms with E-state index in [0.717, 1.165) is 21.1 Å². The molecule has 1 heterocycles. The molecule has 0 bridgehead atoms. The number of benzene rings is 1. The van der Waals surface area contributed by atoms with Crippen molar-refractivity contribution in [3.05, 3.63) is 45.8 Å². The first-order chi connectivity index (χ1) is 12.8. The van der Waals surface area contributed by atoms with Crippen molar-refractivity contribution in [2.45, 2.75) is 26.4 Å². The second-order valence-electron chi connectivity index (χ2n) is 5.76. The number of carbonyl (C=O) groups excluding carboxylic acids is 3. The molecule has 1 aromatic rings. The van der Waals surface area contributed by atoms with Crippen LogP contribution in [0.4, 0.5) is 4.79 Å². The molecule has 27 heavy (non-hydrogen) atoms. The van der Waals surface area contributed by atoms with Gasteiger partial charge in [0, 0.05) is 10.0 Å². The topological polar surface area (TPSA) is 72.9 Å². The molecule has 144 valence electrons. The summed E-state index contributed by atoms with van der Waals surface area (Å²) in [6.45, 7) is 7.16. The highest BCUT2D eigenvalue weighted by Crippen LogP contribution is 2.34. The molecule has 6 nitrogen and oxygen atoms in total. The van der Waals surface area contributed by atoms with Gasteiger partial charge >= 0.3 is 5.97 Å². The summed E-state index contributed by atoms with van der Waals surface area (Å²) in [6, 6.07) is 5.35. The molecule has 0 spiro atoms. The monoisotopic (exact) mass is 453 g/mol. The second kappa shape index (κ2) is 9.75. The van der Waals surface area contributed by atoms with E-state index in [4.69, 9.17) is 9.47 Å². The van der Waals surface area contributed by atoms with Crippen LogP contribution in [0.15, 0.2) is 40.2 Å². The van der Waals surface area contributed by atoms with Crippen molar-refractivity contribution < 1.29 is 23.9 Å². The van der Waals surface area contributed by atoms with E-state index in [9.17, 15) is 14.4 Å². The third kappa shape index (κ3) is 5.71. The van der Waals surface area contributed by atoms with Crippen molar-refractivity contribution in [1.29, 1.82) is 0 Å². The lowest BCUT2D eigenvalue weighted by Gasteiger charge is -2.14. The van der Waals surface area contributed by atoms with Crippen LogP contribution in [0.5, 0.6) is 5.75 Å². The standard InChI is InChI=1S/C19H20BrNO5S/c1-4-8-25-15-7-6-14(20)9-13(15)10-16-18(23)21(19(24)27-16)11-17(22)26-12(3)5-2/h4,6-7,9-10,12H,1,5,8,11H2,2-3H3/b16-10+/t12-/m1/s1. The molecule has 0 aliphatic carbocycles. The summed E-state index contributed by atoms with van der Waals surface area (Å²) in [6.07, 6.45) is 3.58. The van der Waals surface area contributed by atoms with Crippen LogP contribution in [-0.4, -0.2) is 41.3 Å². The van der Waals surface area contributed by atoms with Crippen LogP contribution in [0.2, 0.25) is 0 Å². The van der Waals surface area contributed by atoms with Gasteiger partial charge in [0.2, 0.25) is 0 Å². The molecule has 0 aromatic heterocycles. The minimum atomic E-state index is -0.606. The summed E-state index contributed by atoms with van der Waals surface area (Å²) in [5, 5.41) is -0.504. The smallest absolute Gasteiger partial charge is 0.326 e. The van der Waals surface area contributed by atoms with Gasteiger partial charge in [0.25, 0.3) is 11.1 Å². The highest BCUT2D eigenvalue weighted by molar-refractivity contribution is 9.10. The van der Waals surface area contributed by atoms with Crippen molar-refractivity contribution in [1.82, 2.24) is 4.90 Å². The normalized spacial score (nSPS) is 16.6. The molecule has 8 heteroatoms. The van der Waals surface area contributed by atoms with Crippen LogP contribution >= 0.6 is 27.7 Å². The first-order valence-electron chi connectivity index (χ1n) is 8.33. The van der Waals surface area contributed by atoms with Crippen molar-refractivity contribution in [2.75, 3.05) is 13.2 Å². The zero-order valence-corrected chi connectivity index (χ0v) is 17.5. The number of nitrogens with zero attached hydrogens (tertiary/aromatic N) is 1. The molecule has 2 amide bonds. The van der Waals surface area contributed by atoms with Gasteiger partial charge in [0.05, 0.1) is 11.0 Å². The zero-order chi connectivity index (χ0) is 20.0. The predicted molar refractivity (Wildman–Crippen MR) is 108 cm³/mol. The van der Waals surface area contributed by atoms with E-state index in [1.165, 1.54) is 0 Å². The Morgan fingerprint density at radius 1 is 1.41 bits per heavy atom. The Kier molecular flexibility index (Phi) is 7.67. The van der Waals surface area contributed by atoms with E-state index in [1.54, 1.807) is 31.2 Å². The molecule has 0 saturated carbocycles. The first kappa shape index (κ1) is 21.2. The lowest BCUT2D eigenvalue weighted by Crippen LogP contribution is -2.35. The van der Waals surface area contributed by atoms with Crippen LogP contribution < -0.4 is 4.74 Å². The Hall–Kier alpha value is -2.06. The molecule has 1 fully saturated rings. The number of esters is 1. The molecule has 0 N–H and O–H groups in total. The van der Waals surface area contributed by atoms with E-state index >= 15 is 0 Å². The maximum Gasteiger partial charge on any atom is 0.326 e. The maximum atomic E-state index is 12.6. The number of thioether (sulfide) groups is 1. The molecule has 1 aliphatic rings. The Bertz CT molecular complexity index is 792. The van der Waals surface area contributed by atoms with Gasteiger partial charge in [-0.05, 0) is 49.4 Å². The average Bonchev–Trinajstić information content (AvgIpc) is 2.88. The van der Waals surface area contributed by atoms with Gasteiger partial charge in [0.1, 0.15) is 18.9 Å². The Balaban J connectivity index is 2.19. The largest absolute Gasteiger partial charge is 0.489 e. The third-order valence-electron chi connectivity index (χ3n) is 3.68. The summed E-state index contributed by atoms with van der Waals surface area (Å²) in [4.78, 5) is 37.7. The van der Waals surface area contributed by atoms with E-state index in [0.29, 0.717) is 24.3 Å².